The molecule has 23 heavy (non-hydrogen) atoms. The highest BCUT2D eigenvalue weighted by Gasteiger charge is 2.15. The highest BCUT2D eigenvalue weighted by Crippen LogP contribution is 2.18. The summed E-state index contributed by atoms with van der Waals surface area (Å²) in [5.74, 6) is 1.30. The minimum Gasteiger partial charge on any atom is -0.360 e. The van der Waals surface area contributed by atoms with Crippen molar-refractivity contribution in [2.24, 2.45) is 0 Å². The summed E-state index contributed by atoms with van der Waals surface area (Å²) in [6, 6.07) is 8.64. The molecule has 0 spiro atoms. The van der Waals surface area contributed by atoms with E-state index in [1.165, 1.54) is 19.3 Å². The zero-order chi connectivity index (χ0) is 16.4. The molecule has 0 bridgehead atoms. The third-order valence-corrected chi connectivity index (χ3v) is 4.81. The van der Waals surface area contributed by atoms with Crippen LogP contribution in [-0.2, 0) is 10.0 Å². The van der Waals surface area contributed by atoms with Crippen LogP contribution in [0.15, 0.2) is 47.6 Å². The molecular weight excluding hydrogens is 316 g/mol. The van der Waals surface area contributed by atoms with Crippen LogP contribution in [-0.4, -0.2) is 35.0 Å². The number of aromatic nitrogens is 4. The van der Waals surface area contributed by atoms with E-state index in [1.54, 1.807) is 6.07 Å². The van der Waals surface area contributed by atoms with Gasteiger partial charge in [-0.05, 0) is 38.2 Å². The molecule has 0 radical (unpaired) electrons. The Kier molecular flexibility index (Phi) is 3.97. The fourth-order valence-corrected chi connectivity index (χ4v) is 2.86. The molecular formula is C14H16N6O2S. The Balaban J connectivity index is 1.82. The van der Waals surface area contributed by atoms with Crippen molar-refractivity contribution >= 4 is 21.5 Å². The van der Waals surface area contributed by atoms with Crippen molar-refractivity contribution in [2.75, 3.05) is 12.4 Å². The minimum absolute atomic E-state index is 0.117. The van der Waals surface area contributed by atoms with Gasteiger partial charge >= 0.3 is 0 Å². The normalized spacial score (nSPS) is 13.1. The quantitative estimate of drug-likeness (QED) is 0.728. The van der Waals surface area contributed by atoms with Crippen LogP contribution in [0, 0.1) is 0 Å². The van der Waals surface area contributed by atoms with Gasteiger partial charge in [0.2, 0.25) is 10.0 Å². The van der Waals surface area contributed by atoms with E-state index in [0.717, 1.165) is 11.5 Å². The largest absolute Gasteiger partial charge is 0.360 e. The highest BCUT2D eigenvalue weighted by atomic mass is 32.2. The van der Waals surface area contributed by atoms with Gasteiger partial charge in [0.25, 0.3) is 0 Å². The molecule has 0 aromatic carbocycles. The topological polar surface area (TPSA) is 101 Å². The average Bonchev–Trinajstić information content (AvgIpc) is 2.99. The van der Waals surface area contributed by atoms with Gasteiger partial charge in [-0.15, -0.1) is 10.2 Å². The molecule has 1 atom stereocenters. The molecule has 2 N–H and O–H groups in total. The number of rotatable bonds is 5. The van der Waals surface area contributed by atoms with Crippen LogP contribution in [0.5, 0.6) is 0 Å². The molecule has 0 aliphatic carbocycles. The third kappa shape index (κ3) is 3.01. The highest BCUT2D eigenvalue weighted by molar-refractivity contribution is 7.89. The number of hydrogen-bond donors (Lipinski definition) is 2. The van der Waals surface area contributed by atoms with Gasteiger partial charge in [0, 0.05) is 12.4 Å². The molecule has 1 unspecified atom stereocenters. The smallest absolute Gasteiger partial charge is 0.241 e. The molecule has 120 valence electrons. The summed E-state index contributed by atoms with van der Waals surface area (Å²) < 4.78 is 27.5. The van der Waals surface area contributed by atoms with Crippen molar-refractivity contribution in [1.82, 2.24) is 24.3 Å². The molecule has 3 aromatic heterocycles. The van der Waals surface area contributed by atoms with Crippen LogP contribution in [0.3, 0.4) is 0 Å². The maximum absolute atomic E-state index is 11.7. The second kappa shape index (κ2) is 5.94. The van der Waals surface area contributed by atoms with Gasteiger partial charge in [0.05, 0.1) is 6.04 Å². The first-order valence-corrected chi connectivity index (χ1v) is 8.45. The van der Waals surface area contributed by atoms with Crippen molar-refractivity contribution in [3.63, 3.8) is 0 Å². The van der Waals surface area contributed by atoms with Crippen LogP contribution >= 0.6 is 0 Å². The molecule has 9 heteroatoms. The molecule has 8 nitrogen and oxygen atoms in total. The summed E-state index contributed by atoms with van der Waals surface area (Å²) in [6.07, 6.45) is 3.20. The number of nitrogens with zero attached hydrogens (tertiary/aromatic N) is 4. The number of anilines is 1. The van der Waals surface area contributed by atoms with Gasteiger partial charge in [-0.25, -0.2) is 18.1 Å². The summed E-state index contributed by atoms with van der Waals surface area (Å²) in [5.41, 5.74) is 0.763. The average molecular weight is 332 g/mol. The van der Waals surface area contributed by atoms with Gasteiger partial charge < -0.3 is 5.32 Å². The Morgan fingerprint density at radius 2 is 2.00 bits per heavy atom. The lowest BCUT2D eigenvalue weighted by Crippen LogP contribution is -2.19. The van der Waals surface area contributed by atoms with Crippen molar-refractivity contribution in [1.29, 1.82) is 0 Å². The van der Waals surface area contributed by atoms with E-state index < -0.39 is 10.0 Å². The minimum atomic E-state index is -3.48. The van der Waals surface area contributed by atoms with E-state index in [9.17, 15) is 8.42 Å². The van der Waals surface area contributed by atoms with Crippen LogP contribution in [0.2, 0.25) is 0 Å². The summed E-state index contributed by atoms with van der Waals surface area (Å²) in [7, 11) is -2.12. The van der Waals surface area contributed by atoms with Gasteiger partial charge in [-0.3, -0.25) is 4.40 Å². The second-order valence-electron chi connectivity index (χ2n) is 4.94. The predicted molar refractivity (Wildman–Crippen MR) is 85.5 cm³/mol. The molecule has 3 aromatic rings. The number of pyridine rings is 2. The van der Waals surface area contributed by atoms with Crippen LogP contribution in [0.1, 0.15) is 18.8 Å². The first-order valence-electron chi connectivity index (χ1n) is 6.97. The Hall–Kier alpha value is -2.52. The Morgan fingerprint density at radius 3 is 2.70 bits per heavy atom. The predicted octanol–water partition coefficient (Wildman–Crippen LogP) is 1.21. The molecule has 0 saturated heterocycles. The number of nitrogens with one attached hydrogen (secondary N) is 2. The lowest BCUT2D eigenvalue weighted by molar-refractivity contribution is 0.588. The molecule has 0 aliphatic heterocycles. The summed E-state index contributed by atoms with van der Waals surface area (Å²) in [5, 5.41) is 11.5. The lowest BCUT2D eigenvalue weighted by Gasteiger charge is -2.13. The maximum atomic E-state index is 11.7. The summed E-state index contributed by atoms with van der Waals surface area (Å²) in [6.45, 7) is 1.93. The van der Waals surface area contributed by atoms with Crippen molar-refractivity contribution in [3.8, 4) is 0 Å². The van der Waals surface area contributed by atoms with E-state index in [-0.39, 0.29) is 10.9 Å². The van der Waals surface area contributed by atoms with E-state index in [1.807, 2.05) is 35.7 Å². The summed E-state index contributed by atoms with van der Waals surface area (Å²) in [4.78, 5) is 4.25. The number of sulfonamides is 1. The number of hydrogen-bond acceptors (Lipinski definition) is 6. The van der Waals surface area contributed by atoms with E-state index in [2.05, 4.69) is 25.2 Å². The van der Waals surface area contributed by atoms with E-state index in [4.69, 9.17) is 0 Å². The van der Waals surface area contributed by atoms with E-state index in [0.29, 0.717) is 5.82 Å². The maximum Gasteiger partial charge on any atom is 0.241 e. The monoisotopic (exact) mass is 332 g/mol. The van der Waals surface area contributed by atoms with Crippen LogP contribution in [0.25, 0.3) is 5.65 Å². The Labute approximate surface area is 133 Å². The molecule has 0 saturated carbocycles. The molecule has 3 heterocycles. The van der Waals surface area contributed by atoms with Crippen molar-refractivity contribution in [3.05, 3.63) is 48.5 Å². The summed E-state index contributed by atoms with van der Waals surface area (Å²) >= 11 is 0. The first kappa shape index (κ1) is 15.4. The van der Waals surface area contributed by atoms with Gasteiger partial charge in [-0.1, -0.05) is 6.07 Å². The molecule has 0 amide bonds. The van der Waals surface area contributed by atoms with Gasteiger partial charge in [0.15, 0.2) is 11.5 Å². The number of fused-ring (bicyclic) bond motifs is 1. The fraction of sp³-hybridized carbons (Fsp3) is 0.214. The Bertz CT molecular complexity index is 920. The molecule has 0 aliphatic rings. The zero-order valence-corrected chi connectivity index (χ0v) is 13.4. The second-order valence-corrected chi connectivity index (χ2v) is 6.83. The van der Waals surface area contributed by atoms with Gasteiger partial charge in [-0.2, -0.15) is 0 Å². The van der Waals surface area contributed by atoms with Gasteiger partial charge in [0.1, 0.15) is 10.7 Å². The standard InChI is InChI=1S/C14H16N6O2S/c1-10(14-19-18-13-5-3-4-8-20(13)14)17-12-7-6-11(9-16-12)23(21,22)15-2/h3-10,15H,1-2H3,(H,16,17). The van der Waals surface area contributed by atoms with Crippen LogP contribution < -0.4 is 10.0 Å². The zero-order valence-electron chi connectivity index (χ0n) is 12.6. The van der Waals surface area contributed by atoms with Crippen LogP contribution in [0.4, 0.5) is 5.82 Å². The third-order valence-electron chi connectivity index (χ3n) is 3.41. The van der Waals surface area contributed by atoms with E-state index >= 15 is 0 Å². The SMILES string of the molecule is CNS(=O)(=O)c1ccc(NC(C)c2nnc3ccccn23)nc1. The molecule has 0 fully saturated rings. The lowest BCUT2D eigenvalue weighted by atomic mass is 10.3. The molecule has 3 rings (SSSR count). The van der Waals surface area contributed by atoms with Crippen molar-refractivity contribution in [2.45, 2.75) is 17.9 Å². The Morgan fingerprint density at radius 1 is 1.17 bits per heavy atom. The first-order chi connectivity index (χ1) is 11.0. The van der Waals surface area contributed by atoms with Crippen molar-refractivity contribution < 1.29 is 8.42 Å². The fourth-order valence-electron chi connectivity index (χ4n) is 2.18.